The molecule has 3 aromatic heterocycles. The topological polar surface area (TPSA) is 60.0 Å². The lowest BCUT2D eigenvalue weighted by molar-refractivity contribution is 0.768. The van der Waals surface area contributed by atoms with E-state index < -0.39 is 9.21 Å². The second-order valence-electron chi connectivity index (χ2n) is 6.44. The molecule has 1 N–H and O–H groups in total. The van der Waals surface area contributed by atoms with Crippen molar-refractivity contribution in [3.8, 4) is 11.3 Å². The minimum atomic E-state index is -1.22. The van der Waals surface area contributed by atoms with Crippen LogP contribution in [0.5, 0.6) is 0 Å². The Labute approximate surface area is 152 Å². The molecule has 0 saturated carbocycles. The number of imidazole rings is 1. The summed E-state index contributed by atoms with van der Waals surface area (Å²) < 4.78 is 3.78. The molecule has 0 unspecified atom stereocenters. The Kier molecular flexibility index (Phi) is 3.81. The first kappa shape index (κ1) is 16.4. The van der Waals surface area contributed by atoms with Gasteiger partial charge in [0, 0.05) is 36.9 Å². The van der Waals surface area contributed by atoms with Gasteiger partial charge in [-0.15, -0.1) is 0 Å². The molecule has 0 aliphatic heterocycles. The number of hydrogen-bond donors (Lipinski definition) is 1. The van der Waals surface area contributed by atoms with Crippen molar-refractivity contribution in [2.24, 2.45) is 7.05 Å². The molecule has 7 heteroatoms. The van der Waals surface area contributed by atoms with E-state index >= 15 is 0 Å². The van der Waals surface area contributed by atoms with Crippen LogP contribution in [0.15, 0.2) is 60.1 Å². The number of anilines is 2. The van der Waals surface area contributed by atoms with Crippen LogP contribution in [-0.2, 0) is 7.05 Å². The zero-order chi connectivity index (χ0) is 18.3. The molecular formula is C19H20N6S. The lowest BCUT2D eigenvalue weighted by Gasteiger charge is -2.11. The van der Waals surface area contributed by atoms with Gasteiger partial charge in [-0.1, -0.05) is 11.7 Å². The predicted molar refractivity (Wildman–Crippen MR) is 111 cm³/mol. The van der Waals surface area contributed by atoms with Gasteiger partial charge in [0.05, 0.1) is 18.1 Å². The van der Waals surface area contributed by atoms with Gasteiger partial charge in [0.2, 0.25) is 0 Å². The predicted octanol–water partition coefficient (Wildman–Crippen LogP) is 3.53. The fraction of sp³-hybridized carbons (Fsp3) is 0.105. The first-order valence-electron chi connectivity index (χ1n) is 8.04. The number of benzene rings is 1. The second-order valence-corrected chi connectivity index (χ2v) is 9.46. The standard InChI is InChI=1S/C19H20N6S/c1-24-13-14(11-22-24)17-12-21-19-18(20-9-10-25(17)19)23-15-5-7-16(8-6-15)26(2,3)4/h5-13H,2-3H2,1,4H3,(H,20,23). The Morgan fingerprint density at radius 1 is 1.08 bits per heavy atom. The van der Waals surface area contributed by atoms with Crippen LogP contribution in [0.2, 0.25) is 0 Å². The highest BCUT2D eigenvalue weighted by molar-refractivity contribution is 8.27. The first-order valence-corrected chi connectivity index (χ1v) is 10.4. The Morgan fingerprint density at radius 3 is 2.50 bits per heavy atom. The van der Waals surface area contributed by atoms with Gasteiger partial charge in [0.1, 0.15) is 0 Å². The highest BCUT2D eigenvalue weighted by Crippen LogP contribution is 2.30. The zero-order valence-electron chi connectivity index (χ0n) is 14.8. The molecule has 0 aliphatic rings. The third kappa shape index (κ3) is 2.97. The fourth-order valence-electron chi connectivity index (χ4n) is 2.78. The lowest BCUT2D eigenvalue weighted by atomic mass is 10.3. The first-order chi connectivity index (χ1) is 12.4. The minimum absolute atomic E-state index is 0.703. The molecule has 0 amide bonds. The minimum Gasteiger partial charge on any atom is -0.337 e. The van der Waals surface area contributed by atoms with Gasteiger partial charge in [-0.25, -0.2) is 9.97 Å². The summed E-state index contributed by atoms with van der Waals surface area (Å²) in [4.78, 5) is 10.2. The highest BCUT2D eigenvalue weighted by atomic mass is 32.2. The smallest absolute Gasteiger partial charge is 0.180 e. The average Bonchev–Trinajstić information content (AvgIpc) is 3.21. The fourth-order valence-corrected chi connectivity index (χ4v) is 3.57. The molecule has 6 nitrogen and oxygen atoms in total. The SMILES string of the molecule is C=S(=C)(C)c1ccc(Nc2nccn3c(-c4cnn(C)c4)cnc23)cc1. The summed E-state index contributed by atoms with van der Waals surface area (Å²) in [5.74, 6) is 9.00. The van der Waals surface area contributed by atoms with Crippen LogP contribution in [0.4, 0.5) is 11.5 Å². The van der Waals surface area contributed by atoms with Gasteiger partial charge in [0.15, 0.2) is 11.5 Å². The van der Waals surface area contributed by atoms with Gasteiger partial charge >= 0.3 is 0 Å². The van der Waals surface area contributed by atoms with Gasteiger partial charge in [-0.3, -0.25) is 9.08 Å². The number of aromatic nitrogens is 5. The van der Waals surface area contributed by atoms with Crippen LogP contribution in [0, 0.1) is 0 Å². The van der Waals surface area contributed by atoms with E-state index in [1.807, 2.05) is 48.4 Å². The summed E-state index contributed by atoms with van der Waals surface area (Å²) in [6.45, 7) is 0. The molecule has 3 heterocycles. The van der Waals surface area contributed by atoms with Crippen LogP contribution in [0.3, 0.4) is 0 Å². The second kappa shape index (κ2) is 6.03. The van der Waals surface area contributed by atoms with E-state index in [4.69, 9.17) is 0 Å². The van der Waals surface area contributed by atoms with Crippen LogP contribution in [-0.4, -0.2) is 42.1 Å². The Morgan fingerprint density at radius 2 is 1.85 bits per heavy atom. The summed E-state index contributed by atoms with van der Waals surface area (Å²) in [5, 5.41) is 7.58. The van der Waals surface area contributed by atoms with Crippen molar-refractivity contribution in [3.05, 3.63) is 55.2 Å². The van der Waals surface area contributed by atoms with E-state index in [-0.39, 0.29) is 0 Å². The van der Waals surface area contributed by atoms with Crippen molar-refractivity contribution in [1.29, 1.82) is 0 Å². The molecule has 4 aromatic rings. The van der Waals surface area contributed by atoms with Gasteiger partial charge in [-0.2, -0.15) is 14.3 Å². The number of nitrogens with zero attached hydrogens (tertiary/aromatic N) is 5. The zero-order valence-corrected chi connectivity index (χ0v) is 15.6. The Balaban J connectivity index is 1.70. The molecule has 4 rings (SSSR count). The number of fused-ring (bicyclic) bond motifs is 1. The highest BCUT2D eigenvalue weighted by Gasteiger charge is 2.11. The number of hydrogen-bond acceptors (Lipinski definition) is 4. The summed E-state index contributed by atoms with van der Waals surface area (Å²) >= 11 is 0. The van der Waals surface area contributed by atoms with Crippen molar-refractivity contribution in [2.45, 2.75) is 4.90 Å². The average molecular weight is 364 g/mol. The lowest BCUT2D eigenvalue weighted by Crippen LogP contribution is -1.98. The number of rotatable bonds is 4. The molecule has 132 valence electrons. The number of aryl methyl sites for hydroxylation is 1. The molecule has 1 aromatic carbocycles. The van der Waals surface area contributed by atoms with Crippen molar-refractivity contribution < 1.29 is 0 Å². The maximum atomic E-state index is 4.54. The van der Waals surface area contributed by atoms with E-state index in [9.17, 15) is 0 Å². The number of nitrogens with one attached hydrogen (secondary N) is 1. The van der Waals surface area contributed by atoms with Gasteiger partial charge < -0.3 is 5.32 Å². The molecule has 0 aliphatic carbocycles. The van der Waals surface area contributed by atoms with E-state index in [1.165, 1.54) is 0 Å². The maximum absolute atomic E-state index is 4.54. The molecule has 0 atom stereocenters. The van der Waals surface area contributed by atoms with Gasteiger partial charge in [0.25, 0.3) is 0 Å². The van der Waals surface area contributed by atoms with E-state index in [0.717, 1.165) is 27.5 Å². The molecular weight excluding hydrogens is 344 g/mol. The molecule has 0 bridgehead atoms. The summed E-state index contributed by atoms with van der Waals surface area (Å²) in [6.07, 6.45) is 11.4. The summed E-state index contributed by atoms with van der Waals surface area (Å²) in [7, 11) is 0.678. The third-order valence-corrected chi connectivity index (χ3v) is 5.52. The summed E-state index contributed by atoms with van der Waals surface area (Å²) in [6, 6.07) is 8.16. The van der Waals surface area contributed by atoms with Crippen LogP contribution in [0.1, 0.15) is 0 Å². The van der Waals surface area contributed by atoms with E-state index in [1.54, 1.807) is 10.9 Å². The van der Waals surface area contributed by atoms with Crippen LogP contribution >= 0.6 is 9.21 Å². The maximum Gasteiger partial charge on any atom is 0.180 e. The molecule has 0 saturated heterocycles. The van der Waals surface area contributed by atoms with Gasteiger partial charge in [-0.05, 0) is 35.4 Å². The normalized spacial score (nSPS) is 11.8. The quantitative estimate of drug-likeness (QED) is 0.563. The van der Waals surface area contributed by atoms with Crippen LogP contribution < -0.4 is 5.32 Å². The van der Waals surface area contributed by atoms with Crippen molar-refractivity contribution >= 4 is 38.1 Å². The molecule has 0 spiro atoms. The van der Waals surface area contributed by atoms with E-state index in [2.05, 4.69) is 50.5 Å². The Hall–Kier alpha value is -3.06. The molecule has 0 radical (unpaired) electrons. The Bertz CT molecular complexity index is 1180. The van der Waals surface area contributed by atoms with E-state index in [0.29, 0.717) is 5.82 Å². The third-order valence-electron chi connectivity index (χ3n) is 4.11. The van der Waals surface area contributed by atoms with Crippen LogP contribution in [0.25, 0.3) is 16.9 Å². The van der Waals surface area contributed by atoms with Crippen molar-refractivity contribution in [3.63, 3.8) is 0 Å². The largest absolute Gasteiger partial charge is 0.337 e. The summed E-state index contributed by atoms with van der Waals surface area (Å²) in [5.41, 5.74) is 3.70. The van der Waals surface area contributed by atoms with Crippen molar-refractivity contribution in [1.82, 2.24) is 24.1 Å². The molecule has 0 fully saturated rings. The monoisotopic (exact) mass is 364 g/mol. The van der Waals surface area contributed by atoms with Crippen molar-refractivity contribution in [2.75, 3.05) is 11.6 Å². The molecule has 26 heavy (non-hydrogen) atoms.